The summed E-state index contributed by atoms with van der Waals surface area (Å²) in [5.74, 6) is -0.450. The minimum atomic E-state index is -4.50. The number of hydrogen-bond acceptors (Lipinski definition) is 2. The normalized spacial score (nSPS) is 13.6. The number of carbonyl (C=O) groups excluding carboxylic acids is 1. The minimum Gasteiger partial charge on any atom is -0.340 e. The van der Waals surface area contributed by atoms with Crippen molar-refractivity contribution in [3.8, 4) is 0 Å². The molecule has 0 radical (unpaired) electrons. The second-order valence-corrected chi connectivity index (χ2v) is 7.86. The lowest BCUT2D eigenvalue weighted by Gasteiger charge is -2.37. The summed E-state index contributed by atoms with van der Waals surface area (Å²) in [6.45, 7) is 3.86. The fourth-order valence-corrected chi connectivity index (χ4v) is 3.97. The van der Waals surface area contributed by atoms with Crippen LogP contribution in [0.25, 0.3) is 0 Å². The molecule has 0 bridgehead atoms. The maximum absolute atomic E-state index is 13.6. The lowest BCUT2D eigenvalue weighted by molar-refractivity contribution is -0.137. The highest BCUT2D eigenvalue weighted by Gasteiger charge is 2.40. The molecular formula is C26H27F3N2O. The molecule has 1 amide bonds. The fraction of sp³-hybridized carbons (Fsp3) is 0.308. The predicted molar refractivity (Wildman–Crippen MR) is 119 cm³/mol. The first-order chi connectivity index (χ1) is 15.3. The van der Waals surface area contributed by atoms with E-state index in [1.165, 1.54) is 6.07 Å². The molecule has 6 heteroatoms. The number of carbonyl (C=O) groups is 1. The van der Waals surface area contributed by atoms with E-state index in [1.807, 2.05) is 44.2 Å². The molecule has 3 aromatic rings. The zero-order chi connectivity index (χ0) is 23.2. The van der Waals surface area contributed by atoms with Gasteiger partial charge in [0.05, 0.1) is 11.3 Å². The molecule has 1 N–H and O–H groups in total. The van der Waals surface area contributed by atoms with Gasteiger partial charge in [0, 0.05) is 18.5 Å². The van der Waals surface area contributed by atoms with Gasteiger partial charge < -0.3 is 5.32 Å². The molecule has 0 aliphatic heterocycles. The highest BCUT2D eigenvalue weighted by atomic mass is 19.4. The first-order valence-corrected chi connectivity index (χ1v) is 10.8. The number of hydrogen-bond donors (Lipinski definition) is 1. The van der Waals surface area contributed by atoms with Crippen molar-refractivity contribution in [2.24, 2.45) is 5.92 Å². The molecule has 0 spiro atoms. The molecule has 168 valence electrons. The average Bonchev–Trinajstić information content (AvgIpc) is 2.80. The van der Waals surface area contributed by atoms with Crippen molar-refractivity contribution < 1.29 is 18.0 Å². The number of amides is 1. The standard InChI is InChI=1S/C26H27F3N2O/c1-3-20(4-2)24(32)31-25(23-15-8-9-16-30-23,18-19-11-6-5-7-12-19)21-13-10-14-22(17-21)26(27,28)29/h5-17,20H,3-4,18H2,1-2H3,(H,31,32). The van der Waals surface area contributed by atoms with Crippen LogP contribution in [0.2, 0.25) is 0 Å². The third-order valence-corrected chi connectivity index (χ3v) is 5.79. The van der Waals surface area contributed by atoms with Crippen LogP contribution in [-0.2, 0) is 22.9 Å². The van der Waals surface area contributed by atoms with Crippen LogP contribution in [0, 0.1) is 5.92 Å². The summed E-state index contributed by atoms with van der Waals surface area (Å²) in [6, 6.07) is 19.8. The van der Waals surface area contributed by atoms with Crippen molar-refractivity contribution >= 4 is 5.91 Å². The SMILES string of the molecule is CCC(CC)C(=O)NC(Cc1ccccc1)(c1cccc(C(F)(F)F)c1)c1ccccn1. The van der Waals surface area contributed by atoms with Crippen LogP contribution in [0.5, 0.6) is 0 Å². The Morgan fingerprint density at radius 3 is 2.16 bits per heavy atom. The molecule has 1 heterocycles. The van der Waals surface area contributed by atoms with Crippen molar-refractivity contribution in [3.05, 3.63) is 101 Å². The lowest BCUT2D eigenvalue weighted by atomic mass is 9.79. The van der Waals surface area contributed by atoms with Gasteiger partial charge in [-0.05, 0) is 48.2 Å². The van der Waals surface area contributed by atoms with Gasteiger partial charge in [0.25, 0.3) is 0 Å². The summed E-state index contributed by atoms with van der Waals surface area (Å²) >= 11 is 0. The van der Waals surface area contributed by atoms with E-state index in [0.29, 0.717) is 24.1 Å². The summed E-state index contributed by atoms with van der Waals surface area (Å²) < 4.78 is 40.7. The van der Waals surface area contributed by atoms with Crippen LogP contribution < -0.4 is 5.32 Å². The molecule has 0 aliphatic rings. The zero-order valence-corrected chi connectivity index (χ0v) is 18.2. The third kappa shape index (κ3) is 5.18. The summed E-state index contributed by atoms with van der Waals surface area (Å²) in [5, 5.41) is 3.12. The average molecular weight is 441 g/mol. The van der Waals surface area contributed by atoms with Crippen LogP contribution in [0.3, 0.4) is 0 Å². The fourth-order valence-electron chi connectivity index (χ4n) is 3.97. The Balaban J connectivity index is 2.24. The first kappa shape index (κ1) is 23.5. The molecule has 0 saturated carbocycles. The highest BCUT2D eigenvalue weighted by molar-refractivity contribution is 5.80. The number of halogens is 3. The van der Waals surface area contributed by atoms with Crippen LogP contribution in [0.4, 0.5) is 13.2 Å². The van der Waals surface area contributed by atoms with Gasteiger partial charge in [-0.3, -0.25) is 9.78 Å². The second-order valence-electron chi connectivity index (χ2n) is 7.86. The largest absolute Gasteiger partial charge is 0.416 e. The Labute approximate surface area is 186 Å². The smallest absolute Gasteiger partial charge is 0.340 e. The van der Waals surface area contributed by atoms with Gasteiger partial charge in [-0.1, -0.05) is 62.4 Å². The van der Waals surface area contributed by atoms with Crippen LogP contribution >= 0.6 is 0 Å². The van der Waals surface area contributed by atoms with Crippen molar-refractivity contribution in [1.82, 2.24) is 10.3 Å². The second kappa shape index (κ2) is 9.98. The Morgan fingerprint density at radius 1 is 0.906 bits per heavy atom. The molecule has 32 heavy (non-hydrogen) atoms. The van der Waals surface area contributed by atoms with Gasteiger partial charge in [0.2, 0.25) is 5.91 Å². The minimum absolute atomic E-state index is 0.200. The molecule has 0 fully saturated rings. The first-order valence-electron chi connectivity index (χ1n) is 10.8. The number of pyridine rings is 1. The molecule has 0 saturated heterocycles. The van der Waals surface area contributed by atoms with Crippen LogP contribution in [-0.4, -0.2) is 10.9 Å². The summed E-state index contributed by atoms with van der Waals surface area (Å²) in [6.07, 6.45) is -1.38. The van der Waals surface area contributed by atoms with Gasteiger partial charge in [0.1, 0.15) is 5.54 Å². The zero-order valence-electron chi connectivity index (χ0n) is 18.2. The molecule has 2 aromatic carbocycles. The molecule has 1 unspecified atom stereocenters. The topological polar surface area (TPSA) is 42.0 Å². The van der Waals surface area contributed by atoms with Crippen molar-refractivity contribution in [2.45, 2.75) is 44.8 Å². The van der Waals surface area contributed by atoms with E-state index >= 15 is 0 Å². The van der Waals surface area contributed by atoms with E-state index < -0.39 is 17.3 Å². The number of rotatable bonds is 8. The predicted octanol–water partition coefficient (Wildman–Crippen LogP) is 6.14. The highest BCUT2D eigenvalue weighted by Crippen LogP contribution is 2.37. The molecule has 1 atom stereocenters. The molecule has 1 aromatic heterocycles. The summed E-state index contributed by atoms with van der Waals surface area (Å²) in [7, 11) is 0. The Bertz CT molecular complexity index is 1020. The van der Waals surface area contributed by atoms with Gasteiger partial charge in [-0.25, -0.2) is 0 Å². The number of nitrogens with one attached hydrogen (secondary N) is 1. The number of alkyl halides is 3. The van der Waals surface area contributed by atoms with E-state index in [0.717, 1.165) is 17.7 Å². The summed E-state index contributed by atoms with van der Waals surface area (Å²) in [5.41, 5.74) is -0.318. The van der Waals surface area contributed by atoms with Crippen molar-refractivity contribution in [3.63, 3.8) is 0 Å². The lowest BCUT2D eigenvalue weighted by Crippen LogP contribution is -2.51. The van der Waals surface area contributed by atoms with Crippen LogP contribution in [0.15, 0.2) is 79.0 Å². The van der Waals surface area contributed by atoms with Gasteiger partial charge >= 0.3 is 6.18 Å². The summed E-state index contributed by atoms with van der Waals surface area (Å²) in [4.78, 5) is 17.8. The number of benzene rings is 2. The molecule has 3 rings (SSSR count). The van der Waals surface area contributed by atoms with E-state index in [1.54, 1.807) is 30.5 Å². The van der Waals surface area contributed by atoms with E-state index in [9.17, 15) is 18.0 Å². The van der Waals surface area contributed by atoms with Crippen molar-refractivity contribution in [1.29, 1.82) is 0 Å². The Kier molecular flexibility index (Phi) is 7.33. The molecule has 3 nitrogen and oxygen atoms in total. The maximum Gasteiger partial charge on any atom is 0.416 e. The Morgan fingerprint density at radius 2 is 1.56 bits per heavy atom. The molecule has 0 aliphatic carbocycles. The Hall–Kier alpha value is -3.15. The van der Waals surface area contributed by atoms with Gasteiger partial charge in [-0.2, -0.15) is 13.2 Å². The monoisotopic (exact) mass is 440 g/mol. The van der Waals surface area contributed by atoms with E-state index in [4.69, 9.17) is 0 Å². The maximum atomic E-state index is 13.6. The van der Waals surface area contributed by atoms with Gasteiger partial charge in [-0.15, -0.1) is 0 Å². The molecular weight excluding hydrogens is 413 g/mol. The third-order valence-electron chi connectivity index (χ3n) is 5.79. The van der Waals surface area contributed by atoms with Crippen molar-refractivity contribution in [2.75, 3.05) is 0 Å². The number of aromatic nitrogens is 1. The van der Waals surface area contributed by atoms with Crippen LogP contribution in [0.1, 0.15) is 49.1 Å². The quantitative estimate of drug-likeness (QED) is 0.457. The number of nitrogens with zero attached hydrogens (tertiary/aromatic N) is 1. The van der Waals surface area contributed by atoms with E-state index in [2.05, 4.69) is 10.3 Å². The van der Waals surface area contributed by atoms with E-state index in [-0.39, 0.29) is 18.2 Å². The van der Waals surface area contributed by atoms with Gasteiger partial charge in [0.15, 0.2) is 0 Å².